The molecule has 10 rings (SSSR count). The van der Waals surface area contributed by atoms with Gasteiger partial charge in [0.2, 0.25) is 0 Å². The lowest BCUT2D eigenvalue weighted by Gasteiger charge is -2.32. The van der Waals surface area contributed by atoms with Gasteiger partial charge in [-0.1, -0.05) is 138 Å². The third kappa shape index (κ3) is 5.45. The Morgan fingerprint density at radius 3 is 1.91 bits per heavy atom. The largest absolute Gasteiger partial charge is 0.458 e. The summed E-state index contributed by atoms with van der Waals surface area (Å²) in [6, 6.07) is 52.0. The van der Waals surface area contributed by atoms with Crippen molar-refractivity contribution in [1.82, 2.24) is 4.57 Å². The van der Waals surface area contributed by atoms with Gasteiger partial charge in [0.05, 0.1) is 11.0 Å². The lowest BCUT2D eigenvalue weighted by molar-refractivity contribution is 0.487. The van der Waals surface area contributed by atoms with Gasteiger partial charge in [-0.2, -0.15) is 0 Å². The number of hydrogen-bond donors (Lipinski definition) is 0. The van der Waals surface area contributed by atoms with Crippen LogP contribution in [0.1, 0.15) is 76.0 Å². The molecule has 0 spiro atoms. The normalized spacial score (nSPS) is 12.8. The van der Waals surface area contributed by atoms with E-state index in [1.165, 1.54) is 86.2 Å². The first-order valence-corrected chi connectivity index (χ1v) is 20.6. The Balaban J connectivity index is 1.14. The molecule has 0 atom stereocenters. The minimum atomic E-state index is 0.0731. The van der Waals surface area contributed by atoms with Crippen molar-refractivity contribution < 1.29 is 4.74 Å². The molecular formula is C51H44BNOS. The van der Waals surface area contributed by atoms with Crippen molar-refractivity contribution in [2.75, 3.05) is 0 Å². The quantitative estimate of drug-likeness (QED) is 0.155. The molecule has 0 aliphatic carbocycles. The summed E-state index contributed by atoms with van der Waals surface area (Å²) in [6.45, 7) is 14.1. The summed E-state index contributed by atoms with van der Waals surface area (Å²) in [4.78, 5) is 0. The van der Waals surface area contributed by atoms with Gasteiger partial charge < -0.3 is 9.30 Å². The average molecular weight is 730 g/mol. The van der Waals surface area contributed by atoms with Gasteiger partial charge in [-0.05, 0) is 99.0 Å². The van der Waals surface area contributed by atoms with Gasteiger partial charge in [0, 0.05) is 42.7 Å². The highest BCUT2D eigenvalue weighted by Gasteiger charge is 2.36. The first kappa shape index (κ1) is 34.0. The van der Waals surface area contributed by atoms with Gasteiger partial charge in [0.25, 0.3) is 6.71 Å². The van der Waals surface area contributed by atoms with Gasteiger partial charge in [0.15, 0.2) is 0 Å². The summed E-state index contributed by atoms with van der Waals surface area (Å²) in [5, 5.41) is 5.16. The van der Waals surface area contributed by atoms with Gasteiger partial charge in [-0.25, -0.2) is 0 Å². The summed E-state index contributed by atoms with van der Waals surface area (Å²) in [6.07, 6.45) is 0. The molecule has 0 saturated carbocycles. The number of aromatic nitrogens is 1. The van der Waals surface area contributed by atoms with Gasteiger partial charge in [0.1, 0.15) is 11.5 Å². The summed E-state index contributed by atoms with van der Waals surface area (Å²) in [5.74, 6) is 3.11. The minimum absolute atomic E-state index is 0.0731. The van der Waals surface area contributed by atoms with Crippen molar-refractivity contribution in [2.45, 2.75) is 59.3 Å². The van der Waals surface area contributed by atoms with Crippen LogP contribution in [0.4, 0.5) is 0 Å². The molecule has 0 fully saturated rings. The van der Waals surface area contributed by atoms with Crippen LogP contribution in [0.25, 0.3) is 58.8 Å². The molecule has 1 aliphatic rings. The molecule has 0 unspecified atom stereocenters. The molecule has 0 bridgehead atoms. The highest BCUT2D eigenvalue weighted by molar-refractivity contribution is 7.25. The van der Waals surface area contributed by atoms with E-state index in [1.54, 1.807) is 0 Å². The van der Waals surface area contributed by atoms with Gasteiger partial charge in [-0.3, -0.25) is 0 Å². The van der Waals surface area contributed by atoms with Crippen LogP contribution in [-0.2, 0) is 0 Å². The van der Waals surface area contributed by atoms with Crippen molar-refractivity contribution in [3.05, 3.63) is 156 Å². The summed E-state index contributed by atoms with van der Waals surface area (Å²) < 4.78 is 12.0. The number of fused-ring (bicyclic) bond motifs is 8. The van der Waals surface area contributed by atoms with E-state index >= 15 is 0 Å². The smallest absolute Gasteiger partial charge is 0.251 e. The van der Waals surface area contributed by atoms with E-state index in [9.17, 15) is 0 Å². The van der Waals surface area contributed by atoms with Gasteiger partial charge in [-0.15, -0.1) is 11.3 Å². The molecule has 2 aromatic heterocycles. The monoisotopic (exact) mass is 729 g/mol. The maximum absolute atomic E-state index is 6.88. The zero-order valence-corrected chi connectivity index (χ0v) is 33.2. The van der Waals surface area contributed by atoms with E-state index in [1.807, 2.05) is 11.3 Å². The Bertz CT molecular complexity index is 2930. The van der Waals surface area contributed by atoms with Crippen LogP contribution in [0, 0.1) is 0 Å². The predicted octanol–water partition coefficient (Wildman–Crippen LogP) is 12.8. The maximum Gasteiger partial charge on any atom is 0.251 e. The van der Waals surface area contributed by atoms with Gasteiger partial charge >= 0.3 is 0 Å². The first-order valence-electron chi connectivity index (χ1n) is 19.8. The van der Waals surface area contributed by atoms with E-state index < -0.39 is 0 Å². The number of para-hydroxylation sites is 2. The number of ether oxygens (including phenoxy) is 1. The molecule has 9 aromatic rings. The van der Waals surface area contributed by atoms with E-state index in [4.69, 9.17) is 4.74 Å². The summed E-state index contributed by atoms with van der Waals surface area (Å²) in [7, 11) is 0. The molecule has 3 heterocycles. The van der Waals surface area contributed by atoms with Crippen molar-refractivity contribution in [3.63, 3.8) is 0 Å². The highest BCUT2D eigenvalue weighted by Crippen LogP contribution is 2.40. The summed E-state index contributed by atoms with van der Waals surface area (Å²) in [5.41, 5.74) is 14.2. The summed E-state index contributed by atoms with van der Waals surface area (Å²) >= 11 is 1.87. The Hall–Kier alpha value is -5.58. The highest BCUT2D eigenvalue weighted by atomic mass is 32.1. The molecule has 0 radical (unpaired) electrons. The van der Waals surface area contributed by atoms with E-state index in [0.29, 0.717) is 17.8 Å². The van der Waals surface area contributed by atoms with Crippen LogP contribution < -0.4 is 21.1 Å². The van der Waals surface area contributed by atoms with E-state index in [-0.39, 0.29) is 6.71 Å². The van der Waals surface area contributed by atoms with Crippen molar-refractivity contribution in [2.24, 2.45) is 0 Å². The van der Waals surface area contributed by atoms with Crippen LogP contribution in [-0.4, -0.2) is 11.3 Å². The van der Waals surface area contributed by atoms with Crippen LogP contribution in [0.3, 0.4) is 0 Å². The standard InChI is InChI=1S/C51H44BNOS/c1-30(2)35-26-40(31(3)4)51(41(27-35)32(5)6)52-43-15-9-11-17-47(43)54-48-29-36(21-23-44(48)52)53-45-16-10-7-13-37(45)42-25-33(20-24-46(42)53)34-19-22-39-38-14-8-12-18-49(38)55-50(39)28-34/h7-32H,1-6H3. The fourth-order valence-electron chi connectivity index (χ4n) is 9.08. The Labute approximate surface area is 328 Å². The van der Waals surface area contributed by atoms with E-state index in [2.05, 4.69) is 186 Å². The number of hydrogen-bond acceptors (Lipinski definition) is 2. The Morgan fingerprint density at radius 1 is 0.491 bits per heavy atom. The lowest BCUT2D eigenvalue weighted by atomic mass is 9.34. The van der Waals surface area contributed by atoms with E-state index in [0.717, 1.165) is 17.2 Å². The molecule has 1 aliphatic heterocycles. The Kier molecular flexibility index (Phi) is 8.04. The molecule has 0 N–H and O–H groups in total. The molecule has 0 amide bonds. The zero-order chi connectivity index (χ0) is 37.5. The van der Waals surface area contributed by atoms with Crippen molar-refractivity contribution in [1.29, 1.82) is 0 Å². The number of rotatable bonds is 6. The molecule has 7 aromatic carbocycles. The fraction of sp³-hybridized carbons (Fsp3) is 0.176. The lowest BCUT2D eigenvalue weighted by Crippen LogP contribution is -2.57. The molecule has 4 heteroatoms. The first-order chi connectivity index (χ1) is 26.7. The van der Waals surface area contributed by atoms with Crippen molar-refractivity contribution in [3.8, 4) is 28.3 Å². The van der Waals surface area contributed by atoms with Crippen LogP contribution in [0.5, 0.6) is 11.5 Å². The van der Waals surface area contributed by atoms with Crippen LogP contribution in [0.15, 0.2) is 140 Å². The molecule has 0 saturated heterocycles. The second-order valence-electron chi connectivity index (χ2n) is 16.3. The third-order valence-electron chi connectivity index (χ3n) is 11.9. The van der Waals surface area contributed by atoms with Crippen LogP contribution in [0.2, 0.25) is 0 Å². The third-order valence-corrected chi connectivity index (χ3v) is 13.0. The second kappa shape index (κ2) is 13.0. The molecular weight excluding hydrogens is 685 g/mol. The topological polar surface area (TPSA) is 14.2 Å². The van der Waals surface area contributed by atoms with Crippen LogP contribution >= 0.6 is 11.3 Å². The SMILES string of the molecule is CC(C)c1cc(C(C)C)c(B2c3ccccc3Oc3cc(-n4c5ccccc5c5cc(-c6ccc7c(c6)sc6ccccc67)ccc54)ccc32)c(C(C)C)c1. The zero-order valence-electron chi connectivity index (χ0n) is 32.4. The number of thiophene rings is 1. The predicted molar refractivity (Wildman–Crippen MR) is 239 cm³/mol. The number of benzene rings is 7. The number of nitrogens with zero attached hydrogens (tertiary/aromatic N) is 1. The maximum atomic E-state index is 6.88. The Morgan fingerprint density at radius 2 is 1.13 bits per heavy atom. The average Bonchev–Trinajstić information content (AvgIpc) is 3.74. The fourth-order valence-corrected chi connectivity index (χ4v) is 10.2. The van der Waals surface area contributed by atoms with Crippen molar-refractivity contribution >= 4 is 76.4 Å². The minimum Gasteiger partial charge on any atom is -0.458 e. The molecule has 2 nitrogen and oxygen atoms in total. The molecule has 55 heavy (non-hydrogen) atoms. The second-order valence-corrected chi connectivity index (χ2v) is 17.3. The molecule has 268 valence electrons.